The minimum atomic E-state index is 0.300. The Morgan fingerprint density at radius 3 is 1.83 bits per heavy atom. The van der Waals surface area contributed by atoms with E-state index in [1.54, 1.807) is 23.5 Å². The lowest BCUT2D eigenvalue weighted by atomic mass is 10.5. The fourth-order valence-corrected chi connectivity index (χ4v) is 1.91. The molecule has 0 atom stereocenters. The number of thioether (sulfide) groups is 2. The maximum Gasteiger partial charge on any atom is 0.152 e. The van der Waals surface area contributed by atoms with Gasteiger partial charge in [0, 0.05) is 11.5 Å². The van der Waals surface area contributed by atoms with Gasteiger partial charge in [0.25, 0.3) is 0 Å². The molecule has 0 radical (unpaired) electrons. The highest BCUT2D eigenvalue weighted by molar-refractivity contribution is 8.01. The van der Waals surface area contributed by atoms with E-state index in [9.17, 15) is 4.79 Å². The van der Waals surface area contributed by atoms with Crippen molar-refractivity contribution in [2.24, 2.45) is 0 Å². The second kappa shape index (κ2) is 8.94. The zero-order chi connectivity index (χ0) is 9.23. The van der Waals surface area contributed by atoms with Crippen LogP contribution in [0.15, 0.2) is 25.3 Å². The van der Waals surface area contributed by atoms with Crippen molar-refractivity contribution in [1.82, 2.24) is 0 Å². The van der Waals surface area contributed by atoms with Gasteiger partial charge in [-0.2, -0.15) is 0 Å². The highest BCUT2D eigenvalue weighted by Gasteiger charge is 1.99. The molecule has 0 bridgehead atoms. The topological polar surface area (TPSA) is 17.1 Å². The molecular weight excluding hydrogens is 188 g/mol. The van der Waals surface area contributed by atoms with Crippen molar-refractivity contribution in [3.8, 4) is 0 Å². The molecule has 0 aromatic heterocycles. The first-order valence-corrected chi connectivity index (χ1v) is 6.01. The standard InChI is InChI=1S/C9H14OS2/c1-3-5-11-7-9(10)8-12-6-4-2/h3-4H,1-2,5-8H2. The number of carbonyl (C=O) groups excluding carboxylic acids is 1. The Morgan fingerprint density at radius 1 is 1.08 bits per heavy atom. The molecule has 0 saturated heterocycles. The molecule has 0 amide bonds. The molecule has 0 aliphatic heterocycles. The maximum absolute atomic E-state index is 11.1. The van der Waals surface area contributed by atoms with Crippen molar-refractivity contribution in [3.05, 3.63) is 25.3 Å². The van der Waals surface area contributed by atoms with E-state index in [4.69, 9.17) is 0 Å². The smallest absolute Gasteiger partial charge is 0.152 e. The van der Waals surface area contributed by atoms with Crippen LogP contribution in [-0.4, -0.2) is 28.8 Å². The van der Waals surface area contributed by atoms with Crippen LogP contribution in [0.3, 0.4) is 0 Å². The molecule has 0 rings (SSSR count). The predicted molar refractivity (Wildman–Crippen MR) is 60.1 cm³/mol. The highest BCUT2D eigenvalue weighted by atomic mass is 32.2. The van der Waals surface area contributed by atoms with Gasteiger partial charge < -0.3 is 0 Å². The summed E-state index contributed by atoms with van der Waals surface area (Å²) in [6, 6.07) is 0. The summed E-state index contributed by atoms with van der Waals surface area (Å²) < 4.78 is 0. The van der Waals surface area contributed by atoms with Gasteiger partial charge in [0.2, 0.25) is 0 Å². The first-order chi connectivity index (χ1) is 5.81. The lowest BCUT2D eigenvalue weighted by Gasteiger charge is -1.97. The Hall–Kier alpha value is -0.150. The zero-order valence-electron chi connectivity index (χ0n) is 7.12. The third-order valence-corrected chi connectivity index (χ3v) is 2.99. The number of ketones is 1. The molecule has 0 aromatic carbocycles. The second-order valence-electron chi connectivity index (χ2n) is 2.15. The van der Waals surface area contributed by atoms with E-state index in [-0.39, 0.29) is 0 Å². The number of rotatable bonds is 8. The van der Waals surface area contributed by atoms with Crippen molar-refractivity contribution >= 4 is 29.3 Å². The van der Waals surface area contributed by atoms with Gasteiger partial charge in [-0.05, 0) is 0 Å². The lowest BCUT2D eigenvalue weighted by molar-refractivity contribution is -0.114. The minimum absolute atomic E-state index is 0.300. The van der Waals surface area contributed by atoms with Crippen LogP contribution in [0.5, 0.6) is 0 Å². The van der Waals surface area contributed by atoms with E-state index in [0.717, 1.165) is 11.5 Å². The molecule has 0 N–H and O–H groups in total. The Labute approximate surface area is 82.7 Å². The first-order valence-electron chi connectivity index (χ1n) is 3.70. The van der Waals surface area contributed by atoms with Crippen LogP contribution in [0.4, 0.5) is 0 Å². The minimum Gasteiger partial charge on any atom is -0.298 e. The van der Waals surface area contributed by atoms with Crippen LogP contribution in [0, 0.1) is 0 Å². The first kappa shape index (κ1) is 11.8. The van der Waals surface area contributed by atoms with E-state index in [1.807, 2.05) is 12.2 Å². The van der Waals surface area contributed by atoms with Gasteiger partial charge in [0.05, 0.1) is 11.5 Å². The van der Waals surface area contributed by atoms with Gasteiger partial charge in [-0.3, -0.25) is 4.79 Å². The molecule has 0 unspecified atom stereocenters. The molecule has 68 valence electrons. The summed E-state index contributed by atoms with van der Waals surface area (Å²) in [5.74, 6) is 3.23. The van der Waals surface area contributed by atoms with Gasteiger partial charge in [-0.1, -0.05) is 12.2 Å². The molecule has 3 heteroatoms. The van der Waals surface area contributed by atoms with Gasteiger partial charge in [-0.25, -0.2) is 0 Å². The van der Waals surface area contributed by atoms with Crippen molar-refractivity contribution in [3.63, 3.8) is 0 Å². The third-order valence-electron chi connectivity index (χ3n) is 0.998. The van der Waals surface area contributed by atoms with E-state index >= 15 is 0 Å². The third kappa shape index (κ3) is 7.95. The molecule has 0 heterocycles. The molecule has 0 aliphatic carbocycles. The Kier molecular flexibility index (Phi) is 8.83. The van der Waals surface area contributed by atoms with Crippen LogP contribution in [0.2, 0.25) is 0 Å². The fourth-order valence-electron chi connectivity index (χ4n) is 0.554. The summed E-state index contributed by atoms with van der Waals surface area (Å²) >= 11 is 3.23. The van der Waals surface area contributed by atoms with Crippen molar-refractivity contribution in [1.29, 1.82) is 0 Å². The van der Waals surface area contributed by atoms with Crippen LogP contribution >= 0.6 is 23.5 Å². The summed E-state index contributed by atoms with van der Waals surface area (Å²) in [5.41, 5.74) is 0. The second-order valence-corrected chi connectivity index (χ2v) is 4.21. The lowest BCUT2D eigenvalue weighted by Crippen LogP contribution is -2.05. The quantitative estimate of drug-likeness (QED) is 0.444. The summed E-state index contributed by atoms with van der Waals surface area (Å²) in [4.78, 5) is 11.1. The van der Waals surface area contributed by atoms with Crippen molar-refractivity contribution < 1.29 is 4.79 Å². The van der Waals surface area contributed by atoms with Crippen molar-refractivity contribution in [2.75, 3.05) is 23.0 Å². The fraction of sp³-hybridized carbons (Fsp3) is 0.444. The van der Waals surface area contributed by atoms with Crippen LogP contribution in [0.25, 0.3) is 0 Å². The normalized spacial score (nSPS) is 9.33. The van der Waals surface area contributed by atoms with Gasteiger partial charge in [-0.15, -0.1) is 36.7 Å². The Balaban J connectivity index is 3.21. The van der Waals surface area contributed by atoms with E-state index in [2.05, 4.69) is 13.2 Å². The van der Waals surface area contributed by atoms with Gasteiger partial charge in [0.15, 0.2) is 5.78 Å². The average molecular weight is 202 g/mol. The SMILES string of the molecule is C=CCSCC(=O)CSCC=C. The summed E-state index contributed by atoms with van der Waals surface area (Å²) in [6.07, 6.45) is 3.63. The predicted octanol–water partition coefficient (Wildman–Crippen LogP) is 2.39. The number of Topliss-reactive ketones (excluding diaryl/α,β-unsaturated/α-hetero) is 1. The monoisotopic (exact) mass is 202 g/mol. The number of carbonyl (C=O) groups is 1. The summed E-state index contributed by atoms with van der Waals surface area (Å²) in [7, 11) is 0. The van der Waals surface area contributed by atoms with Crippen LogP contribution < -0.4 is 0 Å². The molecular formula is C9H14OS2. The zero-order valence-corrected chi connectivity index (χ0v) is 8.76. The molecule has 1 nitrogen and oxygen atoms in total. The molecule has 0 saturated carbocycles. The highest BCUT2D eigenvalue weighted by Crippen LogP contribution is 2.05. The van der Waals surface area contributed by atoms with Crippen LogP contribution in [0.1, 0.15) is 0 Å². The molecule has 0 aliphatic rings. The average Bonchev–Trinajstić information content (AvgIpc) is 2.06. The largest absolute Gasteiger partial charge is 0.298 e. The van der Waals surface area contributed by atoms with E-state index in [0.29, 0.717) is 17.3 Å². The van der Waals surface area contributed by atoms with Crippen LogP contribution in [-0.2, 0) is 4.79 Å². The summed E-state index contributed by atoms with van der Waals surface area (Å²) in [6.45, 7) is 7.16. The molecule has 12 heavy (non-hydrogen) atoms. The summed E-state index contributed by atoms with van der Waals surface area (Å²) in [5, 5.41) is 0. The Morgan fingerprint density at radius 2 is 1.50 bits per heavy atom. The van der Waals surface area contributed by atoms with Crippen molar-refractivity contribution in [2.45, 2.75) is 0 Å². The Bertz CT molecular complexity index is 139. The number of hydrogen-bond acceptors (Lipinski definition) is 3. The molecule has 0 aromatic rings. The van der Waals surface area contributed by atoms with Gasteiger partial charge >= 0.3 is 0 Å². The van der Waals surface area contributed by atoms with Gasteiger partial charge in [0.1, 0.15) is 0 Å². The number of hydrogen-bond donors (Lipinski definition) is 0. The van der Waals surface area contributed by atoms with E-state index < -0.39 is 0 Å². The molecule has 0 fully saturated rings. The van der Waals surface area contributed by atoms with E-state index in [1.165, 1.54) is 0 Å². The maximum atomic E-state index is 11.1. The molecule has 0 spiro atoms.